The summed E-state index contributed by atoms with van der Waals surface area (Å²) in [4.78, 5) is 1.97. The Hall–Kier alpha value is 0.600. The first-order valence-corrected chi connectivity index (χ1v) is 5.35. The van der Waals surface area contributed by atoms with Crippen molar-refractivity contribution in [2.24, 2.45) is 0 Å². The standard InChI is InChI=1S/C2H6O4S.CH3I/c1-5-7(3,4)6-2;1-2/h1-2H3;1H3. The molecule has 0 saturated heterocycles. The molecule has 0 spiro atoms. The van der Waals surface area contributed by atoms with E-state index in [0.29, 0.717) is 0 Å². The van der Waals surface area contributed by atoms with Crippen LogP contribution in [0.4, 0.5) is 0 Å². The van der Waals surface area contributed by atoms with Crippen molar-refractivity contribution in [2.45, 2.75) is 0 Å². The first-order chi connectivity index (χ1) is 4.12. The summed E-state index contributed by atoms with van der Waals surface area (Å²) in [7, 11) is -1.60. The zero-order valence-electron chi connectivity index (χ0n) is 5.42. The van der Waals surface area contributed by atoms with E-state index in [0.717, 1.165) is 14.2 Å². The Balaban J connectivity index is 0. The van der Waals surface area contributed by atoms with Gasteiger partial charge in [0, 0.05) is 0 Å². The number of halogens is 1. The number of alkyl halides is 1. The molecular weight excluding hydrogens is 259 g/mol. The van der Waals surface area contributed by atoms with Crippen LogP contribution < -0.4 is 0 Å². The van der Waals surface area contributed by atoms with Crippen molar-refractivity contribution in [3.8, 4) is 0 Å². The van der Waals surface area contributed by atoms with Crippen LogP contribution in [-0.2, 0) is 18.8 Å². The number of rotatable bonds is 2. The highest BCUT2D eigenvalue weighted by Crippen LogP contribution is 1.85. The minimum Gasteiger partial charge on any atom is -0.252 e. The van der Waals surface area contributed by atoms with Gasteiger partial charge >= 0.3 is 10.4 Å². The molecule has 0 bridgehead atoms. The van der Waals surface area contributed by atoms with Gasteiger partial charge < -0.3 is 0 Å². The van der Waals surface area contributed by atoms with Crippen molar-refractivity contribution in [1.82, 2.24) is 0 Å². The molecule has 0 unspecified atom stereocenters. The highest BCUT2D eigenvalue weighted by atomic mass is 127. The van der Waals surface area contributed by atoms with Crippen LogP contribution in [0.2, 0.25) is 0 Å². The zero-order chi connectivity index (χ0) is 7.91. The van der Waals surface area contributed by atoms with Crippen LogP contribution in [0.3, 0.4) is 0 Å². The van der Waals surface area contributed by atoms with Crippen molar-refractivity contribution in [1.29, 1.82) is 0 Å². The molecule has 0 atom stereocenters. The first kappa shape index (κ1) is 12.3. The quantitative estimate of drug-likeness (QED) is 0.543. The number of hydrogen-bond donors (Lipinski definition) is 0. The fourth-order valence-electron chi connectivity index (χ4n) is 0.0680. The van der Waals surface area contributed by atoms with E-state index in [1.807, 2.05) is 4.93 Å². The van der Waals surface area contributed by atoms with Crippen molar-refractivity contribution >= 4 is 33.0 Å². The van der Waals surface area contributed by atoms with Gasteiger partial charge in [-0.05, 0) is 4.93 Å². The van der Waals surface area contributed by atoms with E-state index in [1.54, 1.807) is 0 Å². The zero-order valence-corrected chi connectivity index (χ0v) is 8.39. The predicted molar refractivity (Wildman–Crippen MR) is 42.9 cm³/mol. The summed E-state index contributed by atoms with van der Waals surface area (Å²) in [5.41, 5.74) is 0. The molecule has 0 rings (SSSR count). The van der Waals surface area contributed by atoms with E-state index in [4.69, 9.17) is 0 Å². The van der Waals surface area contributed by atoms with Crippen molar-refractivity contribution in [3.63, 3.8) is 0 Å². The van der Waals surface area contributed by atoms with E-state index < -0.39 is 10.4 Å². The lowest BCUT2D eigenvalue weighted by molar-refractivity contribution is 0.286. The van der Waals surface area contributed by atoms with E-state index >= 15 is 0 Å². The summed E-state index contributed by atoms with van der Waals surface area (Å²) in [5.74, 6) is 0. The van der Waals surface area contributed by atoms with Crippen molar-refractivity contribution in [3.05, 3.63) is 0 Å². The third-order valence-corrected chi connectivity index (χ3v) is 1.22. The molecule has 0 saturated carbocycles. The summed E-state index contributed by atoms with van der Waals surface area (Å²) in [6.07, 6.45) is 0. The second-order valence-electron chi connectivity index (χ2n) is 0.742. The van der Waals surface area contributed by atoms with Crippen molar-refractivity contribution in [2.75, 3.05) is 19.2 Å². The Kier molecular flexibility index (Phi) is 9.17. The lowest BCUT2D eigenvalue weighted by atomic mass is 11.8. The molecule has 0 N–H and O–H groups in total. The van der Waals surface area contributed by atoms with Crippen LogP contribution in [0.5, 0.6) is 0 Å². The lowest BCUT2D eigenvalue weighted by Gasteiger charge is -1.91. The maximum atomic E-state index is 9.92. The molecule has 0 aromatic heterocycles. The highest BCUT2D eigenvalue weighted by Gasteiger charge is 2.01. The maximum absolute atomic E-state index is 9.92. The molecule has 0 radical (unpaired) electrons. The van der Waals surface area contributed by atoms with Gasteiger partial charge in [0.1, 0.15) is 0 Å². The van der Waals surface area contributed by atoms with Gasteiger partial charge in [-0.25, -0.2) is 0 Å². The molecule has 4 nitrogen and oxygen atoms in total. The molecule has 6 heteroatoms. The molecule has 0 aliphatic heterocycles. The molecule has 0 fully saturated rings. The highest BCUT2D eigenvalue weighted by molar-refractivity contribution is 14.1. The van der Waals surface area contributed by atoms with Gasteiger partial charge in [0.05, 0.1) is 14.2 Å². The van der Waals surface area contributed by atoms with Gasteiger partial charge in [0.25, 0.3) is 0 Å². The lowest BCUT2D eigenvalue weighted by Crippen LogP contribution is -2.02. The van der Waals surface area contributed by atoms with Crippen LogP contribution in [0, 0.1) is 0 Å². The van der Waals surface area contributed by atoms with Gasteiger partial charge in [-0.2, -0.15) is 8.42 Å². The molecule has 0 aliphatic carbocycles. The fourth-order valence-corrected chi connectivity index (χ4v) is 0.204. The van der Waals surface area contributed by atoms with Gasteiger partial charge in [-0.3, -0.25) is 8.37 Å². The van der Waals surface area contributed by atoms with Crippen LogP contribution in [0.1, 0.15) is 0 Å². The third kappa shape index (κ3) is 8.60. The Morgan fingerprint density at radius 1 is 1.11 bits per heavy atom. The monoisotopic (exact) mass is 268 g/mol. The summed E-state index contributed by atoms with van der Waals surface area (Å²) < 4.78 is 27.5. The first-order valence-electron chi connectivity index (χ1n) is 1.86. The Morgan fingerprint density at radius 3 is 1.33 bits per heavy atom. The van der Waals surface area contributed by atoms with Gasteiger partial charge in [-0.15, -0.1) is 0 Å². The smallest absolute Gasteiger partial charge is 0.252 e. The molecule has 0 heterocycles. The van der Waals surface area contributed by atoms with Crippen LogP contribution in [0.25, 0.3) is 0 Å². The Labute approximate surface area is 69.0 Å². The molecule has 58 valence electrons. The van der Waals surface area contributed by atoms with E-state index in [1.165, 1.54) is 0 Å². The van der Waals surface area contributed by atoms with Crippen LogP contribution in [-0.4, -0.2) is 27.6 Å². The largest absolute Gasteiger partial charge is 0.399 e. The molecular formula is C3H9IO4S. The molecule has 0 aromatic carbocycles. The minimum atomic E-state index is -3.66. The summed E-state index contributed by atoms with van der Waals surface area (Å²) >= 11 is 2.15. The fraction of sp³-hybridized carbons (Fsp3) is 1.00. The second-order valence-corrected chi connectivity index (χ2v) is 2.22. The predicted octanol–water partition coefficient (Wildman–Crippen LogP) is 0.575. The second kappa shape index (κ2) is 6.72. The Bertz CT molecular complexity index is 119. The van der Waals surface area contributed by atoms with E-state index in [2.05, 4.69) is 31.0 Å². The Morgan fingerprint density at radius 2 is 1.33 bits per heavy atom. The molecule has 0 aromatic rings. The maximum Gasteiger partial charge on any atom is 0.399 e. The summed E-state index contributed by atoms with van der Waals surface area (Å²) in [6, 6.07) is 0. The summed E-state index contributed by atoms with van der Waals surface area (Å²) in [6.45, 7) is 0. The normalized spacial score (nSPS) is 9.78. The van der Waals surface area contributed by atoms with Gasteiger partial charge in [0.15, 0.2) is 0 Å². The van der Waals surface area contributed by atoms with E-state index in [9.17, 15) is 8.42 Å². The molecule has 0 amide bonds. The minimum absolute atomic E-state index is 1.03. The summed E-state index contributed by atoms with van der Waals surface area (Å²) in [5, 5.41) is 0. The molecule has 9 heavy (non-hydrogen) atoms. The molecule has 0 aliphatic rings. The van der Waals surface area contributed by atoms with Gasteiger partial charge in [-0.1, -0.05) is 22.6 Å². The third-order valence-electron chi connectivity index (χ3n) is 0.408. The van der Waals surface area contributed by atoms with Gasteiger partial charge in [0.2, 0.25) is 0 Å². The topological polar surface area (TPSA) is 52.6 Å². The van der Waals surface area contributed by atoms with Crippen LogP contribution >= 0.6 is 22.6 Å². The average Bonchev–Trinajstić information content (AvgIpc) is 1.93. The van der Waals surface area contributed by atoms with E-state index in [-0.39, 0.29) is 0 Å². The van der Waals surface area contributed by atoms with Crippen molar-refractivity contribution < 1.29 is 16.8 Å². The SMILES string of the molecule is CI.COS(=O)(=O)OC. The average molecular weight is 268 g/mol. The number of hydrogen-bond acceptors (Lipinski definition) is 4. The van der Waals surface area contributed by atoms with Crippen LogP contribution in [0.15, 0.2) is 0 Å².